The van der Waals surface area contributed by atoms with Gasteiger partial charge in [0.1, 0.15) is 0 Å². The van der Waals surface area contributed by atoms with Crippen LogP contribution in [0.2, 0.25) is 0 Å². The van der Waals surface area contributed by atoms with Gasteiger partial charge in [0.25, 0.3) is 0 Å². The largest absolute Gasteiger partial charge is 0.369 e. The van der Waals surface area contributed by atoms with Crippen LogP contribution < -0.4 is 5.73 Å². The molecule has 0 saturated heterocycles. The lowest BCUT2D eigenvalue weighted by Gasteiger charge is -2.01. The van der Waals surface area contributed by atoms with Gasteiger partial charge in [-0.15, -0.1) is 0 Å². The highest BCUT2D eigenvalue weighted by Crippen LogP contribution is 2.23. The maximum Gasteiger partial charge on any atom is 0.221 e. The first-order valence-electron chi connectivity index (χ1n) is 3.15. The monoisotopic (exact) mass is 125 g/mol. The molecule has 0 radical (unpaired) electrons. The van der Waals surface area contributed by atoms with Crippen LogP contribution in [0.15, 0.2) is 11.6 Å². The molecule has 0 heterocycles. The Balaban J connectivity index is 2.47. The Bertz CT molecular complexity index is 160. The fraction of sp³-hybridized carbons (Fsp3) is 0.571. The Morgan fingerprint density at radius 1 is 1.89 bits per heavy atom. The molecule has 1 aliphatic rings. The molecular weight excluding hydrogens is 114 g/mol. The second kappa shape index (κ2) is 2.21. The highest BCUT2D eigenvalue weighted by molar-refractivity contribution is 5.77. The van der Waals surface area contributed by atoms with Crippen LogP contribution >= 0.6 is 0 Å². The zero-order valence-electron chi connectivity index (χ0n) is 5.55. The third-order valence-corrected chi connectivity index (χ3v) is 1.72. The van der Waals surface area contributed by atoms with Crippen molar-refractivity contribution in [3.8, 4) is 0 Å². The minimum absolute atomic E-state index is 0.0880. The van der Waals surface area contributed by atoms with Crippen molar-refractivity contribution in [3.05, 3.63) is 11.6 Å². The van der Waals surface area contributed by atoms with Crippen LogP contribution in [0.4, 0.5) is 0 Å². The summed E-state index contributed by atoms with van der Waals surface area (Å²) in [7, 11) is 0. The maximum absolute atomic E-state index is 10.5. The highest BCUT2D eigenvalue weighted by atomic mass is 16.1. The molecule has 50 valence electrons. The van der Waals surface area contributed by atoms with E-state index in [-0.39, 0.29) is 11.8 Å². The predicted octanol–water partition coefficient (Wildman–Crippen LogP) is 0.828. The van der Waals surface area contributed by atoms with Gasteiger partial charge in [-0.2, -0.15) is 0 Å². The third-order valence-electron chi connectivity index (χ3n) is 1.72. The van der Waals surface area contributed by atoms with Crippen molar-refractivity contribution < 1.29 is 4.79 Å². The summed E-state index contributed by atoms with van der Waals surface area (Å²) in [6.07, 6.45) is 3.80. The Morgan fingerprint density at radius 2 is 2.56 bits per heavy atom. The number of carbonyl (C=O) groups is 1. The topological polar surface area (TPSA) is 43.1 Å². The number of primary amides is 1. The predicted molar refractivity (Wildman–Crippen MR) is 35.7 cm³/mol. The standard InChI is InChI=1S/C7H11NO/c1-5-2-3-6(4-5)7(8)9/h2,6H,3-4H2,1H3,(H2,8,9). The van der Waals surface area contributed by atoms with E-state index < -0.39 is 0 Å². The normalized spacial score (nSPS) is 25.9. The van der Waals surface area contributed by atoms with Crippen LogP contribution in [0.3, 0.4) is 0 Å². The Kier molecular flexibility index (Phi) is 1.56. The van der Waals surface area contributed by atoms with Crippen molar-refractivity contribution in [1.82, 2.24) is 0 Å². The van der Waals surface area contributed by atoms with Crippen molar-refractivity contribution in [3.63, 3.8) is 0 Å². The minimum atomic E-state index is -0.164. The van der Waals surface area contributed by atoms with Gasteiger partial charge in [-0.1, -0.05) is 11.6 Å². The van der Waals surface area contributed by atoms with Crippen molar-refractivity contribution in [2.45, 2.75) is 19.8 Å². The molecule has 0 aromatic carbocycles. The van der Waals surface area contributed by atoms with Crippen LogP contribution in [-0.4, -0.2) is 5.91 Å². The Morgan fingerprint density at radius 3 is 2.78 bits per heavy atom. The second-order valence-corrected chi connectivity index (χ2v) is 2.59. The van der Waals surface area contributed by atoms with Crippen molar-refractivity contribution in [2.24, 2.45) is 11.7 Å². The summed E-state index contributed by atoms with van der Waals surface area (Å²) in [4.78, 5) is 10.5. The fourth-order valence-corrected chi connectivity index (χ4v) is 1.12. The zero-order chi connectivity index (χ0) is 6.85. The van der Waals surface area contributed by atoms with Crippen LogP contribution in [0.25, 0.3) is 0 Å². The van der Waals surface area contributed by atoms with Crippen LogP contribution in [0.1, 0.15) is 19.8 Å². The first kappa shape index (κ1) is 6.33. The molecule has 0 bridgehead atoms. The summed E-state index contributed by atoms with van der Waals surface area (Å²) in [5, 5.41) is 0. The fourth-order valence-electron chi connectivity index (χ4n) is 1.12. The Labute approximate surface area is 54.7 Å². The van der Waals surface area contributed by atoms with Gasteiger partial charge in [0.15, 0.2) is 0 Å². The lowest BCUT2D eigenvalue weighted by Crippen LogP contribution is -2.20. The smallest absolute Gasteiger partial charge is 0.221 e. The molecule has 0 aromatic rings. The summed E-state index contributed by atoms with van der Waals surface area (Å²) in [6, 6.07) is 0. The average molecular weight is 125 g/mol. The van der Waals surface area contributed by atoms with Gasteiger partial charge in [0.05, 0.1) is 0 Å². The summed E-state index contributed by atoms with van der Waals surface area (Å²) in [5.41, 5.74) is 6.38. The summed E-state index contributed by atoms with van der Waals surface area (Å²) >= 11 is 0. The third kappa shape index (κ3) is 1.31. The molecule has 2 N–H and O–H groups in total. The molecular formula is C7H11NO. The summed E-state index contributed by atoms with van der Waals surface area (Å²) < 4.78 is 0. The van der Waals surface area contributed by atoms with Gasteiger partial charge in [0.2, 0.25) is 5.91 Å². The average Bonchev–Trinajstić information content (AvgIpc) is 2.14. The molecule has 0 aliphatic heterocycles. The molecule has 0 saturated carbocycles. The van der Waals surface area contributed by atoms with Gasteiger partial charge in [-0.05, 0) is 19.8 Å². The van der Waals surface area contributed by atoms with E-state index in [9.17, 15) is 4.79 Å². The van der Waals surface area contributed by atoms with E-state index >= 15 is 0 Å². The van der Waals surface area contributed by atoms with E-state index in [1.54, 1.807) is 0 Å². The molecule has 2 nitrogen and oxygen atoms in total. The summed E-state index contributed by atoms with van der Waals surface area (Å²) in [5.74, 6) is -0.0758. The number of nitrogens with two attached hydrogens (primary N) is 1. The van der Waals surface area contributed by atoms with E-state index in [0.717, 1.165) is 12.8 Å². The second-order valence-electron chi connectivity index (χ2n) is 2.59. The van der Waals surface area contributed by atoms with E-state index in [0.29, 0.717) is 0 Å². The Hall–Kier alpha value is -0.790. The van der Waals surface area contributed by atoms with Gasteiger partial charge < -0.3 is 5.73 Å². The van der Waals surface area contributed by atoms with Crippen LogP contribution in [0.5, 0.6) is 0 Å². The van der Waals surface area contributed by atoms with Gasteiger partial charge in [0, 0.05) is 5.92 Å². The first-order chi connectivity index (χ1) is 4.20. The number of amides is 1. The molecule has 2 heteroatoms. The zero-order valence-corrected chi connectivity index (χ0v) is 5.55. The molecule has 0 spiro atoms. The first-order valence-corrected chi connectivity index (χ1v) is 3.15. The maximum atomic E-state index is 10.5. The number of hydrogen-bond donors (Lipinski definition) is 1. The molecule has 1 unspecified atom stereocenters. The summed E-state index contributed by atoms with van der Waals surface area (Å²) in [6.45, 7) is 2.03. The SMILES string of the molecule is CC1=CCC(C(N)=O)C1. The van der Waals surface area contributed by atoms with Crippen molar-refractivity contribution in [2.75, 3.05) is 0 Å². The molecule has 1 atom stereocenters. The number of allylic oxidation sites excluding steroid dienone is 2. The highest BCUT2D eigenvalue weighted by Gasteiger charge is 2.18. The lowest BCUT2D eigenvalue weighted by molar-refractivity contribution is -0.121. The molecule has 1 aliphatic carbocycles. The minimum Gasteiger partial charge on any atom is -0.369 e. The lowest BCUT2D eigenvalue weighted by atomic mass is 10.1. The van der Waals surface area contributed by atoms with E-state index in [4.69, 9.17) is 5.73 Å². The van der Waals surface area contributed by atoms with Crippen molar-refractivity contribution >= 4 is 5.91 Å². The van der Waals surface area contributed by atoms with Gasteiger partial charge >= 0.3 is 0 Å². The van der Waals surface area contributed by atoms with Gasteiger partial charge in [-0.3, -0.25) is 4.79 Å². The molecule has 1 amide bonds. The quantitative estimate of drug-likeness (QED) is 0.518. The van der Waals surface area contributed by atoms with Crippen LogP contribution in [0, 0.1) is 5.92 Å². The molecule has 0 aromatic heterocycles. The van der Waals surface area contributed by atoms with Crippen LogP contribution in [-0.2, 0) is 4.79 Å². The van der Waals surface area contributed by atoms with E-state index in [2.05, 4.69) is 6.08 Å². The molecule has 0 fully saturated rings. The molecule has 1 rings (SSSR count). The van der Waals surface area contributed by atoms with Crippen molar-refractivity contribution in [1.29, 1.82) is 0 Å². The number of carbonyl (C=O) groups excluding carboxylic acids is 1. The number of hydrogen-bond acceptors (Lipinski definition) is 1. The number of rotatable bonds is 1. The van der Waals surface area contributed by atoms with Gasteiger partial charge in [-0.25, -0.2) is 0 Å². The van der Waals surface area contributed by atoms with E-state index in [1.165, 1.54) is 5.57 Å². The van der Waals surface area contributed by atoms with E-state index in [1.807, 2.05) is 6.92 Å². The molecule has 9 heavy (non-hydrogen) atoms.